The quantitative estimate of drug-likeness (QED) is 0.458. The Balaban J connectivity index is 1.58. The average Bonchev–Trinajstić information content (AvgIpc) is 3.35. The molecule has 3 heterocycles. The smallest absolute Gasteiger partial charge is 0.341 e. The van der Waals surface area contributed by atoms with Crippen LogP contribution in [-0.4, -0.2) is 34.5 Å². The lowest BCUT2D eigenvalue weighted by molar-refractivity contribution is -0.123. The second-order valence-electron chi connectivity index (χ2n) is 5.88. The molecule has 10 heteroatoms. The van der Waals surface area contributed by atoms with Gasteiger partial charge in [-0.2, -0.15) is 0 Å². The first-order chi connectivity index (χ1) is 14.0. The van der Waals surface area contributed by atoms with Gasteiger partial charge in [-0.3, -0.25) is 14.9 Å². The maximum Gasteiger partial charge on any atom is 0.341 e. The number of carbonyl (C=O) groups excluding carboxylic acids is 3. The zero-order valence-corrected chi connectivity index (χ0v) is 16.4. The van der Waals surface area contributed by atoms with Gasteiger partial charge in [-0.05, 0) is 38.1 Å². The number of aromatic nitrogens is 2. The van der Waals surface area contributed by atoms with Gasteiger partial charge in [0.15, 0.2) is 12.4 Å². The highest BCUT2D eigenvalue weighted by molar-refractivity contribution is 7.98. The summed E-state index contributed by atoms with van der Waals surface area (Å²) in [5.74, 6) is -1.01. The van der Waals surface area contributed by atoms with Crippen LogP contribution in [0.4, 0.5) is 0 Å². The number of imide groups is 1. The minimum Gasteiger partial charge on any atom is -0.459 e. The zero-order valence-electron chi connectivity index (χ0n) is 15.6. The van der Waals surface area contributed by atoms with Gasteiger partial charge >= 0.3 is 5.97 Å². The van der Waals surface area contributed by atoms with Crippen molar-refractivity contribution in [2.75, 3.05) is 6.61 Å². The molecule has 0 fully saturated rings. The van der Waals surface area contributed by atoms with Gasteiger partial charge in [0, 0.05) is 17.5 Å². The minimum atomic E-state index is -0.770. The molecule has 150 valence electrons. The molecule has 2 amide bonds. The summed E-state index contributed by atoms with van der Waals surface area (Å²) >= 11 is 1.33. The summed E-state index contributed by atoms with van der Waals surface area (Å²) in [6.07, 6.45) is 2.87. The SMILES string of the molecule is Cc1noc(C)c1CSc1ncccc1C(=O)OCC(=O)NC(=O)c1ccco1. The monoisotopic (exact) mass is 415 g/mol. The van der Waals surface area contributed by atoms with E-state index < -0.39 is 24.4 Å². The molecular formula is C19H17N3O6S. The second kappa shape index (κ2) is 9.20. The molecule has 0 unspecified atom stereocenters. The third kappa shape index (κ3) is 5.11. The molecule has 0 aromatic carbocycles. The molecule has 3 aromatic heterocycles. The molecule has 0 atom stereocenters. The third-order valence-corrected chi connectivity index (χ3v) is 4.89. The zero-order chi connectivity index (χ0) is 20.8. The summed E-state index contributed by atoms with van der Waals surface area (Å²) in [5, 5.41) is 6.42. The number of nitrogens with zero attached hydrogens (tertiary/aromatic N) is 2. The summed E-state index contributed by atoms with van der Waals surface area (Å²) < 4.78 is 15.0. The van der Waals surface area contributed by atoms with E-state index >= 15 is 0 Å². The van der Waals surface area contributed by atoms with Crippen LogP contribution < -0.4 is 5.32 Å². The summed E-state index contributed by atoms with van der Waals surface area (Å²) in [6.45, 7) is 3.03. The van der Waals surface area contributed by atoms with E-state index in [9.17, 15) is 14.4 Å². The number of ether oxygens (including phenoxy) is 1. The molecule has 0 saturated heterocycles. The van der Waals surface area contributed by atoms with Crippen molar-refractivity contribution in [1.29, 1.82) is 0 Å². The summed E-state index contributed by atoms with van der Waals surface area (Å²) in [4.78, 5) is 40.2. The van der Waals surface area contributed by atoms with Crippen LogP contribution in [0.15, 0.2) is 50.7 Å². The highest BCUT2D eigenvalue weighted by Gasteiger charge is 2.19. The largest absolute Gasteiger partial charge is 0.459 e. The Morgan fingerprint density at radius 3 is 2.72 bits per heavy atom. The van der Waals surface area contributed by atoms with Crippen LogP contribution in [0, 0.1) is 13.8 Å². The number of amides is 2. The number of hydrogen-bond acceptors (Lipinski definition) is 9. The van der Waals surface area contributed by atoms with Gasteiger partial charge in [0.2, 0.25) is 0 Å². The van der Waals surface area contributed by atoms with Crippen LogP contribution in [0.3, 0.4) is 0 Å². The lowest BCUT2D eigenvalue weighted by atomic mass is 10.2. The van der Waals surface area contributed by atoms with Gasteiger partial charge in [-0.15, -0.1) is 11.8 Å². The topological polar surface area (TPSA) is 125 Å². The lowest BCUT2D eigenvalue weighted by Gasteiger charge is -2.08. The Morgan fingerprint density at radius 2 is 2.03 bits per heavy atom. The van der Waals surface area contributed by atoms with Crippen molar-refractivity contribution in [3.63, 3.8) is 0 Å². The molecule has 0 aliphatic heterocycles. The van der Waals surface area contributed by atoms with Gasteiger partial charge in [0.25, 0.3) is 11.8 Å². The predicted molar refractivity (Wildman–Crippen MR) is 101 cm³/mol. The van der Waals surface area contributed by atoms with Gasteiger partial charge in [0.1, 0.15) is 10.8 Å². The van der Waals surface area contributed by atoms with E-state index in [0.29, 0.717) is 16.5 Å². The van der Waals surface area contributed by atoms with E-state index in [1.54, 1.807) is 18.3 Å². The number of carbonyl (C=O) groups is 3. The molecule has 3 aromatic rings. The summed E-state index contributed by atoms with van der Waals surface area (Å²) in [6, 6.07) is 6.07. The number of nitrogens with one attached hydrogen (secondary N) is 1. The maximum absolute atomic E-state index is 12.4. The molecule has 0 spiro atoms. The Hall–Kier alpha value is -3.40. The lowest BCUT2D eigenvalue weighted by Crippen LogP contribution is -2.34. The molecule has 0 bridgehead atoms. The van der Waals surface area contributed by atoms with Crippen molar-refractivity contribution in [3.05, 3.63) is 65.1 Å². The fourth-order valence-electron chi connectivity index (χ4n) is 2.35. The van der Waals surface area contributed by atoms with Crippen LogP contribution in [0.1, 0.15) is 37.9 Å². The van der Waals surface area contributed by atoms with E-state index in [1.807, 2.05) is 13.8 Å². The standard InChI is InChI=1S/C19H17N3O6S/c1-11-14(12(2)28-22-11)10-29-18-13(5-3-7-20-18)19(25)27-9-16(23)21-17(24)15-6-4-8-26-15/h3-8H,9-10H2,1-2H3,(H,21,23,24). The van der Waals surface area contributed by atoms with Crippen LogP contribution >= 0.6 is 11.8 Å². The van der Waals surface area contributed by atoms with E-state index in [-0.39, 0.29) is 11.3 Å². The van der Waals surface area contributed by atoms with Crippen molar-refractivity contribution in [3.8, 4) is 0 Å². The number of aryl methyl sites for hydroxylation is 2. The number of rotatable bonds is 7. The van der Waals surface area contributed by atoms with Crippen LogP contribution in [0.2, 0.25) is 0 Å². The molecule has 1 N–H and O–H groups in total. The van der Waals surface area contributed by atoms with Crippen LogP contribution in [0.25, 0.3) is 0 Å². The Labute approximate surface area is 169 Å². The summed E-state index contributed by atoms with van der Waals surface area (Å²) in [5.41, 5.74) is 1.91. The minimum absolute atomic E-state index is 0.0186. The van der Waals surface area contributed by atoms with Crippen molar-refractivity contribution in [2.45, 2.75) is 24.6 Å². The first kappa shape index (κ1) is 20.3. The normalized spacial score (nSPS) is 10.6. The fourth-order valence-corrected chi connectivity index (χ4v) is 3.49. The van der Waals surface area contributed by atoms with E-state index in [0.717, 1.165) is 11.3 Å². The van der Waals surface area contributed by atoms with Gasteiger partial charge in [-0.1, -0.05) is 5.16 Å². The number of furan rings is 1. The second-order valence-corrected chi connectivity index (χ2v) is 6.84. The van der Waals surface area contributed by atoms with E-state index in [1.165, 1.54) is 30.2 Å². The molecule has 9 nitrogen and oxygen atoms in total. The highest BCUT2D eigenvalue weighted by Crippen LogP contribution is 2.27. The molecule has 0 aliphatic rings. The van der Waals surface area contributed by atoms with Crippen molar-refractivity contribution >= 4 is 29.5 Å². The van der Waals surface area contributed by atoms with Crippen molar-refractivity contribution < 1.29 is 28.1 Å². The van der Waals surface area contributed by atoms with E-state index in [4.69, 9.17) is 13.7 Å². The van der Waals surface area contributed by atoms with Gasteiger partial charge in [-0.25, -0.2) is 9.78 Å². The summed E-state index contributed by atoms with van der Waals surface area (Å²) in [7, 11) is 0. The first-order valence-corrected chi connectivity index (χ1v) is 9.48. The average molecular weight is 415 g/mol. The highest BCUT2D eigenvalue weighted by atomic mass is 32.2. The van der Waals surface area contributed by atoms with Gasteiger partial charge in [0.05, 0.1) is 17.5 Å². The van der Waals surface area contributed by atoms with E-state index in [2.05, 4.69) is 15.5 Å². The Kier molecular flexibility index (Phi) is 6.45. The Bertz CT molecular complexity index is 1010. The molecule has 3 rings (SSSR count). The fraction of sp³-hybridized carbons (Fsp3) is 0.211. The molecule has 29 heavy (non-hydrogen) atoms. The number of hydrogen-bond donors (Lipinski definition) is 1. The maximum atomic E-state index is 12.4. The molecular weight excluding hydrogens is 398 g/mol. The van der Waals surface area contributed by atoms with Crippen molar-refractivity contribution in [2.24, 2.45) is 0 Å². The van der Waals surface area contributed by atoms with Crippen LogP contribution in [-0.2, 0) is 15.3 Å². The molecule has 0 aliphatic carbocycles. The predicted octanol–water partition coefficient (Wildman–Crippen LogP) is 2.69. The first-order valence-electron chi connectivity index (χ1n) is 8.50. The van der Waals surface area contributed by atoms with Crippen molar-refractivity contribution in [1.82, 2.24) is 15.5 Å². The number of thioether (sulfide) groups is 1. The third-order valence-electron chi connectivity index (χ3n) is 3.86. The molecule has 0 radical (unpaired) electrons. The Morgan fingerprint density at radius 1 is 1.21 bits per heavy atom. The van der Waals surface area contributed by atoms with Crippen LogP contribution in [0.5, 0.6) is 0 Å². The number of pyridine rings is 1. The number of esters is 1. The van der Waals surface area contributed by atoms with Gasteiger partial charge < -0.3 is 13.7 Å². The molecule has 0 saturated carbocycles.